The van der Waals surface area contributed by atoms with E-state index < -0.39 is 17.2 Å². The number of carbonyl (C=O) groups excluding carboxylic acids is 1. The molecule has 1 amide bonds. The standard InChI is InChI=1S/C10H9N3O3/c1-6(14)12-13-9(15)7-4-2-3-5-8(7)11-10(13)16/h2-5H,1H3,(H,11,16)(H,12,14). The van der Waals surface area contributed by atoms with Crippen molar-refractivity contribution in [1.29, 1.82) is 0 Å². The Morgan fingerprint density at radius 3 is 2.69 bits per heavy atom. The van der Waals surface area contributed by atoms with Crippen LogP contribution in [0, 0.1) is 0 Å². The molecule has 2 aromatic rings. The third-order valence-electron chi connectivity index (χ3n) is 2.07. The Kier molecular flexibility index (Phi) is 2.32. The van der Waals surface area contributed by atoms with Gasteiger partial charge in [0.25, 0.3) is 5.56 Å². The summed E-state index contributed by atoms with van der Waals surface area (Å²) in [5, 5.41) is 0.343. The molecule has 0 saturated heterocycles. The van der Waals surface area contributed by atoms with E-state index in [1.165, 1.54) is 6.92 Å². The Balaban J connectivity index is 2.81. The van der Waals surface area contributed by atoms with Crippen LogP contribution in [0.1, 0.15) is 6.92 Å². The fourth-order valence-corrected chi connectivity index (χ4v) is 1.42. The van der Waals surface area contributed by atoms with E-state index in [4.69, 9.17) is 0 Å². The topological polar surface area (TPSA) is 84.0 Å². The highest BCUT2D eigenvalue weighted by molar-refractivity contribution is 5.82. The van der Waals surface area contributed by atoms with Crippen molar-refractivity contribution in [3.8, 4) is 0 Å². The Bertz CT molecular complexity index is 669. The van der Waals surface area contributed by atoms with Gasteiger partial charge in [0.1, 0.15) is 0 Å². The largest absolute Gasteiger partial charge is 0.348 e. The zero-order valence-electron chi connectivity index (χ0n) is 8.48. The minimum Gasteiger partial charge on any atom is -0.305 e. The summed E-state index contributed by atoms with van der Waals surface area (Å²) >= 11 is 0. The molecule has 0 atom stereocenters. The van der Waals surface area contributed by atoms with Gasteiger partial charge in [-0.2, -0.15) is 4.68 Å². The molecular weight excluding hydrogens is 210 g/mol. The second kappa shape index (κ2) is 3.65. The lowest BCUT2D eigenvalue weighted by molar-refractivity contribution is -0.115. The van der Waals surface area contributed by atoms with Crippen LogP contribution in [-0.2, 0) is 4.79 Å². The summed E-state index contributed by atoms with van der Waals surface area (Å²) in [7, 11) is 0. The number of hydrogen-bond donors (Lipinski definition) is 2. The van der Waals surface area contributed by atoms with Gasteiger partial charge in [-0.15, -0.1) is 0 Å². The van der Waals surface area contributed by atoms with E-state index in [1.54, 1.807) is 24.3 Å². The Morgan fingerprint density at radius 1 is 1.31 bits per heavy atom. The van der Waals surface area contributed by atoms with Crippen molar-refractivity contribution in [2.24, 2.45) is 0 Å². The molecule has 0 spiro atoms. The summed E-state index contributed by atoms with van der Waals surface area (Å²) < 4.78 is 0.657. The van der Waals surface area contributed by atoms with Crippen LogP contribution >= 0.6 is 0 Å². The van der Waals surface area contributed by atoms with E-state index >= 15 is 0 Å². The minimum atomic E-state index is -0.668. The lowest BCUT2D eigenvalue weighted by Crippen LogP contribution is -2.42. The summed E-state index contributed by atoms with van der Waals surface area (Å²) in [6, 6.07) is 6.59. The lowest BCUT2D eigenvalue weighted by atomic mass is 10.2. The summed E-state index contributed by atoms with van der Waals surface area (Å²) in [5.74, 6) is -0.483. The van der Waals surface area contributed by atoms with Gasteiger partial charge in [0, 0.05) is 6.92 Å². The fourth-order valence-electron chi connectivity index (χ4n) is 1.42. The van der Waals surface area contributed by atoms with Crippen LogP contribution in [0.3, 0.4) is 0 Å². The summed E-state index contributed by atoms with van der Waals surface area (Å²) in [4.78, 5) is 36.6. The third kappa shape index (κ3) is 1.60. The normalized spacial score (nSPS) is 10.3. The average molecular weight is 219 g/mol. The predicted molar refractivity (Wildman–Crippen MR) is 58.9 cm³/mol. The van der Waals surface area contributed by atoms with Gasteiger partial charge in [0.2, 0.25) is 5.91 Å². The number of para-hydroxylation sites is 1. The van der Waals surface area contributed by atoms with Crippen LogP contribution in [0.25, 0.3) is 10.9 Å². The first-order valence-electron chi connectivity index (χ1n) is 4.61. The highest BCUT2D eigenvalue weighted by atomic mass is 16.2. The highest BCUT2D eigenvalue weighted by Crippen LogP contribution is 2.02. The minimum absolute atomic E-state index is 0.343. The van der Waals surface area contributed by atoms with Gasteiger partial charge in [-0.05, 0) is 12.1 Å². The second-order valence-electron chi connectivity index (χ2n) is 3.28. The molecule has 2 N–H and O–H groups in total. The molecule has 0 bridgehead atoms. The van der Waals surface area contributed by atoms with Crippen LogP contribution in [0.2, 0.25) is 0 Å². The molecule has 0 aliphatic heterocycles. The maximum atomic E-state index is 11.8. The number of carbonyl (C=O) groups is 1. The maximum absolute atomic E-state index is 11.8. The van der Waals surface area contributed by atoms with Crippen molar-refractivity contribution in [2.75, 3.05) is 5.43 Å². The van der Waals surface area contributed by atoms with Crippen LogP contribution in [0.5, 0.6) is 0 Å². The number of H-pyrrole nitrogens is 1. The smallest absolute Gasteiger partial charge is 0.305 e. The molecule has 0 aliphatic rings. The number of aromatic amines is 1. The molecule has 0 fully saturated rings. The molecule has 16 heavy (non-hydrogen) atoms. The van der Waals surface area contributed by atoms with Gasteiger partial charge in [0.05, 0.1) is 10.9 Å². The Hall–Kier alpha value is -2.37. The number of nitrogens with one attached hydrogen (secondary N) is 2. The molecule has 1 aromatic carbocycles. The molecule has 0 radical (unpaired) electrons. The molecule has 6 nitrogen and oxygen atoms in total. The van der Waals surface area contributed by atoms with Crippen LogP contribution in [0.15, 0.2) is 33.9 Å². The van der Waals surface area contributed by atoms with Crippen LogP contribution in [-0.4, -0.2) is 15.6 Å². The van der Waals surface area contributed by atoms with Crippen molar-refractivity contribution in [3.63, 3.8) is 0 Å². The van der Waals surface area contributed by atoms with Gasteiger partial charge in [-0.1, -0.05) is 12.1 Å². The quantitative estimate of drug-likeness (QED) is 0.695. The number of fused-ring (bicyclic) bond motifs is 1. The van der Waals surface area contributed by atoms with E-state index in [9.17, 15) is 14.4 Å². The first-order valence-corrected chi connectivity index (χ1v) is 4.61. The number of aromatic nitrogens is 2. The molecule has 2 rings (SSSR count). The second-order valence-corrected chi connectivity index (χ2v) is 3.28. The maximum Gasteiger partial charge on any atom is 0.348 e. The van der Waals surface area contributed by atoms with Crippen molar-refractivity contribution >= 4 is 16.8 Å². The third-order valence-corrected chi connectivity index (χ3v) is 2.07. The van der Waals surface area contributed by atoms with Gasteiger partial charge in [-0.3, -0.25) is 15.0 Å². The van der Waals surface area contributed by atoms with Gasteiger partial charge >= 0.3 is 5.69 Å². The average Bonchev–Trinajstić information content (AvgIpc) is 2.24. The molecule has 1 aromatic heterocycles. The van der Waals surface area contributed by atoms with Crippen molar-refractivity contribution in [1.82, 2.24) is 9.66 Å². The van der Waals surface area contributed by atoms with E-state index in [-0.39, 0.29) is 0 Å². The van der Waals surface area contributed by atoms with Crippen LogP contribution in [0.4, 0.5) is 0 Å². The molecule has 0 unspecified atom stereocenters. The van der Waals surface area contributed by atoms with E-state index in [1.807, 2.05) is 0 Å². The SMILES string of the molecule is CC(=O)Nn1c(=O)[nH]c2ccccc2c1=O. The molecule has 1 heterocycles. The molecule has 0 saturated carbocycles. The van der Waals surface area contributed by atoms with Crippen molar-refractivity contribution in [3.05, 3.63) is 45.1 Å². The van der Waals surface area contributed by atoms with Crippen molar-refractivity contribution < 1.29 is 4.79 Å². The van der Waals surface area contributed by atoms with Gasteiger partial charge < -0.3 is 4.98 Å². The Labute approximate surface area is 89.5 Å². The molecular formula is C10H9N3O3. The zero-order chi connectivity index (χ0) is 11.7. The number of benzene rings is 1. The van der Waals surface area contributed by atoms with Gasteiger partial charge in [-0.25, -0.2) is 4.79 Å². The van der Waals surface area contributed by atoms with Crippen LogP contribution < -0.4 is 16.7 Å². The summed E-state index contributed by atoms with van der Waals surface area (Å²) in [5.41, 5.74) is 1.38. The van der Waals surface area contributed by atoms with E-state index in [2.05, 4.69) is 10.4 Å². The molecule has 82 valence electrons. The number of nitrogens with zero attached hydrogens (tertiary/aromatic N) is 1. The monoisotopic (exact) mass is 219 g/mol. The molecule has 0 aliphatic carbocycles. The Morgan fingerprint density at radius 2 is 2.00 bits per heavy atom. The van der Waals surface area contributed by atoms with Crippen molar-refractivity contribution in [2.45, 2.75) is 6.92 Å². The highest BCUT2D eigenvalue weighted by Gasteiger charge is 2.07. The first-order chi connectivity index (χ1) is 7.59. The first kappa shape index (κ1) is 10.2. The fraction of sp³-hybridized carbons (Fsp3) is 0.100. The zero-order valence-corrected chi connectivity index (χ0v) is 8.48. The number of amides is 1. The number of rotatable bonds is 1. The lowest BCUT2D eigenvalue weighted by Gasteiger charge is -2.05. The summed E-state index contributed by atoms with van der Waals surface area (Å²) in [6.07, 6.45) is 0. The summed E-state index contributed by atoms with van der Waals surface area (Å²) in [6.45, 7) is 1.22. The predicted octanol–water partition coefficient (Wildman–Crippen LogP) is -0.220. The number of hydrogen-bond acceptors (Lipinski definition) is 3. The molecule has 6 heteroatoms. The van der Waals surface area contributed by atoms with Gasteiger partial charge in [0.15, 0.2) is 0 Å². The van der Waals surface area contributed by atoms with E-state index in [0.29, 0.717) is 15.6 Å². The van der Waals surface area contributed by atoms with E-state index in [0.717, 1.165) is 0 Å².